The molecule has 2 aliphatic carbocycles. The molecule has 0 aliphatic heterocycles. The molecule has 2 aliphatic rings. The van der Waals surface area contributed by atoms with Crippen LogP contribution in [0.1, 0.15) is 44.9 Å². The second-order valence-corrected chi connectivity index (χ2v) is 6.02. The van der Waals surface area contributed by atoms with E-state index >= 15 is 0 Å². The molecule has 0 unspecified atom stereocenters. The molecule has 0 radical (unpaired) electrons. The van der Waals surface area contributed by atoms with Crippen molar-refractivity contribution in [2.75, 3.05) is 5.75 Å². The van der Waals surface area contributed by atoms with E-state index in [-0.39, 0.29) is 4.75 Å². The zero-order valence-electron chi connectivity index (χ0n) is 8.50. The Hall–Kier alpha value is -0.180. The van der Waals surface area contributed by atoms with Crippen molar-refractivity contribution in [1.82, 2.24) is 0 Å². The Morgan fingerprint density at radius 3 is 2.43 bits per heavy atom. The van der Waals surface area contributed by atoms with Gasteiger partial charge in [-0.15, -0.1) is 11.8 Å². The van der Waals surface area contributed by atoms with Crippen LogP contribution in [0.25, 0.3) is 0 Å². The third-order valence-electron chi connectivity index (χ3n) is 3.41. The molecule has 14 heavy (non-hydrogen) atoms. The summed E-state index contributed by atoms with van der Waals surface area (Å²) in [5, 5.41) is 9.01. The number of rotatable bonds is 4. The van der Waals surface area contributed by atoms with Gasteiger partial charge < -0.3 is 5.11 Å². The average molecular weight is 214 g/mol. The maximum atomic E-state index is 10.9. The second kappa shape index (κ2) is 4.13. The van der Waals surface area contributed by atoms with E-state index in [0.717, 1.165) is 24.5 Å². The van der Waals surface area contributed by atoms with Gasteiger partial charge in [-0.05, 0) is 37.4 Å². The molecule has 0 aromatic heterocycles. The number of carboxylic acid groups (broad SMARTS) is 1. The maximum absolute atomic E-state index is 10.9. The molecule has 0 heterocycles. The highest BCUT2D eigenvalue weighted by atomic mass is 32.2. The molecular formula is C11H18O2S. The predicted molar refractivity (Wildman–Crippen MR) is 58.6 cm³/mol. The normalized spacial score (nSPS) is 26.0. The zero-order chi connectivity index (χ0) is 10.0. The highest BCUT2D eigenvalue weighted by Gasteiger charge is 2.50. The maximum Gasteiger partial charge on any atom is 0.319 e. The lowest BCUT2D eigenvalue weighted by Gasteiger charge is -2.22. The molecule has 0 saturated heterocycles. The summed E-state index contributed by atoms with van der Waals surface area (Å²) < 4.78 is -0.364. The molecule has 1 N–H and O–H groups in total. The van der Waals surface area contributed by atoms with Gasteiger partial charge in [-0.25, -0.2) is 0 Å². The zero-order valence-corrected chi connectivity index (χ0v) is 9.31. The summed E-state index contributed by atoms with van der Waals surface area (Å²) >= 11 is 1.70. The highest BCUT2D eigenvalue weighted by molar-refractivity contribution is 8.01. The number of carboxylic acids is 1. The summed E-state index contributed by atoms with van der Waals surface area (Å²) in [7, 11) is 0. The minimum absolute atomic E-state index is 0.364. The standard InChI is InChI=1S/C11H18O2S/c12-10(13)11(6-7-11)14-8-9-4-2-1-3-5-9/h9H,1-8H2,(H,12,13). The van der Waals surface area contributed by atoms with Gasteiger partial charge in [0.05, 0.1) is 0 Å². The van der Waals surface area contributed by atoms with Crippen LogP contribution in [0.2, 0.25) is 0 Å². The lowest BCUT2D eigenvalue weighted by atomic mass is 9.91. The molecule has 2 fully saturated rings. The molecule has 2 saturated carbocycles. The Morgan fingerprint density at radius 2 is 1.93 bits per heavy atom. The van der Waals surface area contributed by atoms with Crippen LogP contribution >= 0.6 is 11.8 Å². The van der Waals surface area contributed by atoms with E-state index in [0.29, 0.717) is 0 Å². The van der Waals surface area contributed by atoms with Gasteiger partial charge in [0.25, 0.3) is 0 Å². The van der Waals surface area contributed by atoms with Gasteiger partial charge in [-0.3, -0.25) is 4.79 Å². The van der Waals surface area contributed by atoms with E-state index in [4.69, 9.17) is 5.11 Å². The fourth-order valence-corrected chi connectivity index (χ4v) is 3.57. The summed E-state index contributed by atoms with van der Waals surface area (Å²) in [5.41, 5.74) is 0. The summed E-state index contributed by atoms with van der Waals surface area (Å²) in [6, 6.07) is 0. The van der Waals surface area contributed by atoms with E-state index < -0.39 is 5.97 Å². The number of hydrogen-bond acceptors (Lipinski definition) is 2. The van der Waals surface area contributed by atoms with Crippen LogP contribution in [0, 0.1) is 5.92 Å². The summed E-state index contributed by atoms with van der Waals surface area (Å²) in [6.45, 7) is 0. The van der Waals surface area contributed by atoms with Crippen LogP contribution in [-0.2, 0) is 4.79 Å². The van der Waals surface area contributed by atoms with Gasteiger partial charge in [-0.1, -0.05) is 19.3 Å². The van der Waals surface area contributed by atoms with Crippen molar-refractivity contribution < 1.29 is 9.90 Å². The van der Waals surface area contributed by atoms with Crippen molar-refractivity contribution >= 4 is 17.7 Å². The Morgan fingerprint density at radius 1 is 1.29 bits per heavy atom. The van der Waals surface area contributed by atoms with Crippen LogP contribution in [0.4, 0.5) is 0 Å². The number of thioether (sulfide) groups is 1. The second-order valence-electron chi connectivity index (χ2n) is 4.61. The third kappa shape index (κ3) is 2.25. The number of carbonyl (C=O) groups is 1. The van der Waals surface area contributed by atoms with E-state index in [1.54, 1.807) is 11.8 Å². The smallest absolute Gasteiger partial charge is 0.319 e. The molecule has 0 bridgehead atoms. The first kappa shape index (κ1) is 10.3. The van der Waals surface area contributed by atoms with Gasteiger partial charge in [0, 0.05) is 0 Å². The fraction of sp³-hybridized carbons (Fsp3) is 0.909. The molecule has 0 amide bonds. The van der Waals surface area contributed by atoms with Crippen LogP contribution < -0.4 is 0 Å². The van der Waals surface area contributed by atoms with Crippen LogP contribution in [0.3, 0.4) is 0 Å². The van der Waals surface area contributed by atoms with Crippen LogP contribution in [0.15, 0.2) is 0 Å². The Labute approximate surface area is 89.5 Å². The van der Waals surface area contributed by atoms with Gasteiger partial charge >= 0.3 is 5.97 Å². The predicted octanol–water partition coefficient (Wildman–Crippen LogP) is 2.92. The third-order valence-corrected chi connectivity index (χ3v) is 5.19. The summed E-state index contributed by atoms with van der Waals surface area (Å²) in [4.78, 5) is 10.9. The Kier molecular flexibility index (Phi) is 3.05. The van der Waals surface area contributed by atoms with Gasteiger partial charge in [0.2, 0.25) is 0 Å². The van der Waals surface area contributed by atoms with E-state index in [1.807, 2.05) is 0 Å². The van der Waals surface area contributed by atoms with E-state index in [9.17, 15) is 4.79 Å². The largest absolute Gasteiger partial charge is 0.480 e. The van der Waals surface area contributed by atoms with Gasteiger partial charge in [0.1, 0.15) is 4.75 Å². The molecule has 0 aromatic carbocycles. The van der Waals surface area contributed by atoms with Crippen molar-refractivity contribution in [1.29, 1.82) is 0 Å². The number of hydrogen-bond donors (Lipinski definition) is 1. The first-order valence-electron chi connectivity index (χ1n) is 5.60. The van der Waals surface area contributed by atoms with Crippen LogP contribution in [0.5, 0.6) is 0 Å². The average Bonchev–Trinajstić information content (AvgIpc) is 2.97. The first-order valence-corrected chi connectivity index (χ1v) is 6.59. The monoisotopic (exact) mass is 214 g/mol. The molecule has 0 spiro atoms. The quantitative estimate of drug-likeness (QED) is 0.782. The van der Waals surface area contributed by atoms with Crippen molar-refractivity contribution in [3.05, 3.63) is 0 Å². The molecule has 0 atom stereocenters. The molecule has 2 nitrogen and oxygen atoms in total. The molecular weight excluding hydrogens is 196 g/mol. The molecule has 80 valence electrons. The van der Waals surface area contributed by atoms with Gasteiger partial charge in [0.15, 0.2) is 0 Å². The lowest BCUT2D eigenvalue weighted by molar-refractivity contribution is -0.137. The Balaban J connectivity index is 1.73. The van der Waals surface area contributed by atoms with Crippen molar-refractivity contribution in [3.63, 3.8) is 0 Å². The fourth-order valence-electron chi connectivity index (χ4n) is 2.16. The summed E-state index contributed by atoms with van der Waals surface area (Å²) in [6.07, 6.45) is 8.51. The van der Waals surface area contributed by atoms with Crippen LogP contribution in [-0.4, -0.2) is 21.6 Å². The molecule has 0 aromatic rings. The summed E-state index contributed by atoms with van der Waals surface area (Å²) in [5.74, 6) is 1.29. The first-order chi connectivity index (χ1) is 6.73. The highest BCUT2D eigenvalue weighted by Crippen LogP contribution is 2.49. The van der Waals surface area contributed by atoms with Crippen molar-refractivity contribution in [2.45, 2.75) is 49.7 Å². The Bertz CT molecular complexity index is 217. The molecule has 3 heteroatoms. The van der Waals surface area contributed by atoms with E-state index in [1.165, 1.54) is 32.1 Å². The van der Waals surface area contributed by atoms with Crippen molar-refractivity contribution in [3.8, 4) is 0 Å². The van der Waals surface area contributed by atoms with Gasteiger partial charge in [-0.2, -0.15) is 0 Å². The minimum atomic E-state index is -0.585. The SMILES string of the molecule is O=C(O)C1(SCC2CCCCC2)CC1. The number of aliphatic carboxylic acids is 1. The van der Waals surface area contributed by atoms with E-state index in [2.05, 4.69) is 0 Å². The van der Waals surface area contributed by atoms with Crippen molar-refractivity contribution in [2.24, 2.45) is 5.92 Å². The minimum Gasteiger partial charge on any atom is -0.480 e. The molecule has 2 rings (SSSR count). The topological polar surface area (TPSA) is 37.3 Å². The lowest BCUT2D eigenvalue weighted by Crippen LogP contribution is -2.20.